The molecule has 0 bridgehead atoms. The first-order valence-electron chi connectivity index (χ1n) is 9.99. The van der Waals surface area contributed by atoms with Crippen molar-refractivity contribution in [3.63, 3.8) is 0 Å². The van der Waals surface area contributed by atoms with Gasteiger partial charge in [0.05, 0.1) is 19.2 Å². The minimum atomic E-state index is -0.0815. The fraction of sp³-hybridized carbons (Fsp3) is 0.167. The molecule has 7 heteroatoms. The molecule has 0 aliphatic heterocycles. The average Bonchev–Trinajstić information content (AvgIpc) is 3.46. The van der Waals surface area contributed by atoms with E-state index in [1.807, 2.05) is 55.0 Å². The van der Waals surface area contributed by atoms with Crippen LogP contribution in [0.25, 0.3) is 33.1 Å². The Morgan fingerprint density at radius 3 is 2.90 bits per heavy atom. The summed E-state index contributed by atoms with van der Waals surface area (Å²) in [7, 11) is 3.71. The number of ether oxygens (including phenoxy) is 1. The monoisotopic (exact) mass is 430 g/mol. The molecule has 0 unspecified atom stereocenters. The Labute approximate surface area is 183 Å². The zero-order valence-electron chi connectivity index (χ0n) is 17.5. The highest BCUT2D eigenvalue weighted by Gasteiger charge is 2.18. The maximum atomic E-state index is 12.7. The molecule has 5 aromatic rings. The lowest BCUT2D eigenvalue weighted by Gasteiger charge is -2.02. The van der Waals surface area contributed by atoms with Gasteiger partial charge in [-0.3, -0.25) is 4.79 Å². The fourth-order valence-corrected chi connectivity index (χ4v) is 4.78. The molecule has 0 spiro atoms. The van der Waals surface area contributed by atoms with E-state index in [1.165, 1.54) is 11.3 Å². The Hall–Kier alpha value is -3.58. The van der Waals surface area contributed by atoms with Crippen LogP contribution in [0.5, 0.6) is 5.75 Å². The number of H-pyrrole nitrogens is 1. The maximum Gasteiger partial charge on any atom is 0.230 e. The van der Waals surface area contributed by atoms with Crippen molar-refractivity contribution in [3.05, 3.63) is 65.3 Å². The minimum Gasteiger partial charge on any atom is -0.497 e. The first-order chi connectivity index (χ1) is 15.0. The third-order valence-electron chi connectivity index (χ3n) is 5.73. The van der Waals surface area contributed by atoms with Crippen LogP contribution < -0.4 is 10.1 Å². The summed E-state index contributed by atoms with van der Waals surface area (Å²) in [6.45, 7) is 2.08. The molecule has 2 aromatic carbocycles. The zero-order chi connectivity index (χ0) is 21.5. The van der Waals surface area contributed by atoms with Crippen molar-refractivity contribution >= 4 is 44.2 Å². The van der Waals surface area contributed by atoms with E-state index in [9.17, 15) is 4.79 Å². The molecule has 0 aliphatic rings. The number of aromatic amines is 1. The second kappa shape index (κ2) is 7.59. The number of rotatable bonds is 5. The Kier molecular flexibility index (Phi) is 4.75. The minimum absolute atomic E-state index is 0.0815. The Balaban J connectivity index is 1.41. The number of aromatic nitrogens is 3. The number of nitrogens with zero attached hydrogens (tertiary/aromatic N) is 2. The van der Waals surface area contributed by atoms with Gasteiger partial charge in [0.1, 0.15) is 5.75 Å². The number of amides is 1. The number of benzene rings is 2. The quantitative estimate of drug-likeness (QED) is 0.398. The summed E-state index contributed by atoms with van der Waals surface area (Å²) in [6.07, 6.45) is 2.19. The van der Waals surface area contributed by atoms with E-state index in [0.29, 0.717) is 11.6 Å². The van der Waals surface area contributed by atoms with Crippen molar-refractivity contribution in [1.82, 2.24) is 14.5 Å². The molecule has 3 heterocycles. The van der Waals surface area contributed by atoms with Crippen molar-refractivity contribution in [2.45, 2.75) is 13.3 Å². The highest BCUT2D eigenvalue weighted by Crippen LogP contribution is 2.37. The van der Waals surface area contributed by atoms with Gasteiger partial charge in [0, 0.05) is 51.7 Å². The van der Waals surface area contributed by atoms with Crippen LogP contribution in [0.15, 0.2) is 54.0 Å². The van der Waals surface area contributed by atoms with Crippen LogP contribution in [0.1, 0.15) is 11.3 Å². The Bertz CT molecular complexity index is 1430. The molecule has 5 rings (SSSR count). The predicted octanol–water partition coefficient (Wildman–Crippen LogP) is 5.28. The second-order valence-electron chi connectivity index (χ2n) is 7.52. The lowest BCUT2D eigenvalue weighted by Crippen LogP contribution is -2.14. The van der Waals surface area contributed by atoms with Crippen LogP contribution in [-0.2, 0) is 18.3 Å². The van der Waals surface area contributed by atoms with Crippen molar-refractivity contribution in [2.24, 2.45) is 7.05 Å². The summed E-state index contributed by atoms with van der Waals surface area (Å²) in [5, 5.41) is 7.69. The van der Waals surface area contributed by atoms with Crippen LogP contribution in [0, 0.1) is 6.92 Å². The number of anilines is 1. The van der Waals surface area contributed by atoms with Crippen LogP contribution in [0.4, 0.5) is 5.13 Å². The molecule has 0 fully saturated rings. The van der Waals surface area contributed by atoms with Gasteiger partial charge in [-0.1, -0.05) is 18.2 Å². The molecule has 156 valence electrons. The van der Waals surface area contributed by atoms with Crippen molar-refractivity contribution in [1.29, 1.82) is 0 Å². The number of carbonyl (C=O) groups is 1. The molecule has 1 amide bonds. The zero-order valence-corrected chi connectivity index (χ0v) is 18.3. The number of nitrogens with one attached hydrogen (secondary N) is 2. The van der Waals surface area contributed by atoms with Gasteiger partial charge >= 0.3 is 0 Å². The number of para-hydroxylation sites is 1. The van der Waals surface area contributed by atoms with Gasteiger partial charge < -0.3 is 19.6 Å². The van der Waals surface area contributed by atoms with Gasteiger partial charge in [0.25, 0.3) is 0 Å². The Morgan fingerprint density at radius 1 is 1.23 bits per heavy atom. The van der Waals surface area contributed by atoms with E-state index in [0.717, 1.165) is 50.1 Å². The normalized spacial score (nSPS) is 11.3. The highest BCUT2D eigenvalue weighted by atomic mass is 32.1. The molecule has 0 saturated carbocycles. The highest BCUT2D eigenvalue weighted by molar-refractivity contribution is 7.14. The first kappa shape index (κ1) is 19.4. The van der Waals surface area contributed by atoms with E-state index in [4.69, 9.17) is 9.72 Å². The number of hydrogen-bond donors (Lipinski definition) is 2. The number of hydrogen-bond acceptors (Lipinski definition) is 4. The molecule has 0 aliphatic carbocycles. The van der Waals surface area contributed by atoms with Gasteiger partial charge in [-0.05, 0) is 36.8 Å². The summed E-state index contributed by atoms with van der Waals surface area (Å²) in [5.74, 6) is 0.726. The SMILES string of the molecule is COc1ccc2c(c1)c(-c1csc(NC(=O)Cc3c[nH]c4ccccc34)n1)c(C)n2C. The fourth-order valence-electron chi connectivity index (χ4n) is 4.06. The summed E-state index contributed by atoms with van der Waals surface area (Å²) >= 11 is 1.43. The van der Waals surface area contributed by atoms with Crippen molar-refractivity contribution < 1.29 is 9.53 Å². The number of thiazole rings is 1. The number of carbonyl (C=O) groups excluding carboxylic acids is 1. The van der Waals surface area contributed by atoms with Crippen molar-refractivity contribution in [3.8, 4) is 17.0 Å². The van der Waals surface area contributed by atoms with Crippen LogP contribution in [0.3, 0.4) is 0 Å². The third kappa shape index (κ3) is 3.37. The molecule has 0 radical (unpaired) electrons. The molecule has 0 saturated heterocycles. The number of aryl methyl sites for hydroxylation is 1. The molecule has 3 aromatic heterocycles. The molecular weight excluding hydrogens is 408 g/mol. The molecule has 31 heavy (non-hydrogen) atoms. The summed E-state index contributed by atoms with van der Waals surface area (Å²) in [6, 6.07) is 14.0. The Morgan fingerprint density at radius 2 is 2.06 bits per heavy atom. The number of methoxy groups -OCH3 is 1. The standard InChI is InChI=1S/C24H22N4O2S/c1-14-23(18-11-16(30-3)8-9-21(18)28(14)2)20-13-31-24(26-20)27-22(29)10-15-12-25-19-7-5-4-6-17(15)19/h4-9,11-13,25H,10H2,1-3H3,(H,26,27,29). The molecule has 0 atom stereocenters. The lowest BCUT2D eigenvalue weighted by atomic mass is 10.1. The van der Waals surface area contributed by atoms with E-state index in [2.05, 4.69) is 27.9 Å². The summed E-state index contributed by atoms with van der Waals surface area (Å²) < 4.78 is 7.57. The van der Waals surface area contributed by atoms with Gasteiger partial charge in [-0.15, -0.1) is 11.3 Å². The summed E-state index contributed by atoms with van der Waals surface area (Å²) in [5.41, 5.74) is 6.15. The van der Waals surface area contributed by atoms with Crippen LogP contribution in [-0.4, -0.2) is 27.6 Å². The van der Waals surface area contributed by atoms with Gasteiger partial charge in [-0.25, -0.2) is 4.98 Å². The van der Waals surface area contributed by atoms with Gasteiger partial charge in [0.15, 0.2) is 5.13 Å². The van der Waals surface area contributed by atoms with E-state index in [1.54, 1.807) is 7.11 Å². The van der Waals surface area contributed by atoms with Crippen LogP contribution >= 0.6 is 11.3 Å². The van der Waals surface area contributed by atoms with E-state index >= 15 is 0 Å². The predicted molar refractivity (Wildman–Crippen MR) is 126 cm³/mol. The average molecular weight is 431 g/mol. The molecular formula is C24H22N4O2S. The van der Waals surface area contributed by atoms with Crippen LogP contribution in [0.2, 0.25) is 0 Å². The molecule has 2 N–H and O–H groups in total. The van der Waals surface area contributed by atoms with E-state index in [-0.39, 0.29) is 5.91 Å². The first-order valence-corrected chi connectivity index (χ1v) is 10.9. The topological polar surface area (TPSA) is 71.9 Å². The second-order valence-corrected chi connectivity index (χ2v) is 8.38. The van der Waals surface area contributed by atoms with Gasteiger partial charge in [0.2, 0.25) is 5.91 Å². The lowest BCUT2D eigenvalue weighted by molar-refractivity contribution is -0.115. The number of fused-ring (bicyclic) bond motifs is 2. The van der Waals surface area contributed by atoms with Gasteiger partial charge in [-0.2, -0.15) is 0 Å². The largest absolute Gasteiger partial charge is 0.497 e. The molecule has 6 nitrogen and oxygen atoms in total. The smallest absolute Gasteiger partial charge is 0.230 e. The summed E-state index contributed by atoms with van der Waals surface area (Å²) in [4.78, 5) is 20.6. The van der Waals surface area contributed by atoms with Crippen molar-refractivity contribution in [2.75, 3.05) is 12.4 Å². The maximum absolute atomic E-state index is 12.7. The van der Waals surface area contributed by atoms with E-state index < -0.39 is 0 Å². The third-order valence-corrected chi connectivity index (χ3v) is 6.49.